The highest BCUT2D eigenvalue weighted by Gasteiger charge is 2.61. The zero-order chi connectivity index (χ0) is 13.2. The Kier molecular flexibility index (Phi) is 3.82. The monoisotopic (exact) mass is 266 g/mol. The second-order valence-corrected chi connectivity index (χ2v) is 4.85. The SMILES string of the molecule is O=C(NCC1CCCO1)C1(C(F)(F)F)CCNC1. The minimum absolute atomic E-state index is 0.145. The highest BCUT2D eigenvalue weighted by Crippen LogP contribution is 2.43. The van der Waals surface area contributed by atoms with E-state index in [-0.39, 0.29) is 32.2 Å². The largest absolute Gasteiger partial charge is 0.404 e. The second kappa shape index (κ2) is 5.05. The average Bonchev–Trinajstić information content (AvgIpc) is 2.96. The maximum Gasteiger partial charge on any atom is 0.404 e. The van der Waals surface area contributed by atoms with Crippen molar-refractivity contribution in [2.45, 2.75) is 31.5 Å². The van der Waals surface area contributed by atoms with Crippen molar-refractivity contribution in [3.05, 3.63) is 0 Å². The molecule has 0 aliphatic carbocycles. The number of amides is 1. The predicted molar refractivity (Wildman–Crippen MR) is 58.0 cm³/mol. The van der Waals surface area contributed by atoms with Crippen LogP contribution in [0.1, 0.15) is 19.3 Å². The molecular weight excluding hydrogens is 249 g/mol. The fourth-order valence-corrected chi connectivity index (χ4v) is 2.44. The van der Waals surface area contributed by atoms with E-state index in [0.717, 1.165) is 12.8 Å². The molecule has 0 aromatic heterocycles. The van der Waals surface area contributed by atoms with Crippen molar-refractivity contribution in [3.63, 3.8) is 0 Å². The summed E-state index contributed by atoms with van der Waals surface area (Å²) in [6, 6.07) is 0. The fourth-order valence-electron chi connectivity index (χ4n) is 2.44. The summed E-state index contributed by atoms with van der Waals surface area (Å²) in [5.41, 5.74) is -2.27. The first-order chi connectivity index (χ1) is 8.46. The zero-order valence-corrected chi connectivity index (χ0v) is 9.98. The zero-order valence-electron chi connectivity index (χ0n) is 9.98. The van der Waals surface area contributed by atoms with E-state index < -0.39 is 17.5 Å². The van der Waals surface area contributed by atoms with Crippen LogP contribution in [0, 0.1) is 5.41 Å². The molecule has 0 aromatic rings. The average molecular weight is 266 g/mol. The molecule has 0 radical (unpaired) electrons. The normalized spacial score (nSPS) is 32.7. The van der Waals surface area contributed by atoms with Gasteiger partial charge in [-0.15, -0.1) is 0 Å². The topological polar surface area (TPSA) is 50.4 Å². The first-order valence-electron chi connectivity index (χ1n) is 6.13. The summed E-state index contributed by atoms with van der Waals surface area (Å²) in [5, 5.41) is 5.01. The molecule has 2 aliphatic rings. The van der Waals surface area contributed by atoms with Crippen LogP contribution in [0.4, 0.5) is 13.2 Å². The lowest BCUT2D eigenvalue weighted by molar-refractivity contribution is -0.216. The van der Waals surface area contributed by atoms with Crippen molar-refractivity contribution in [3.8, 4) is 0 Å². The van der Waals surface area contributed by atoms with Crippen LogP contribution in [0.25, 0.3) is 0 Å². The Bertz CT molecular complexity index is 308. The van der Waals surface area contributed by atoms with E-state index in [2.05, 4.69) is 10.6 Å². The Hall–Kier alpha value is -0.820. The number of nitrogens with one attached hydrogen (secondary N) is 2. The van der Waals surface area contributed by atoms with Gasteiger partial charge in [-0.25, -0.2) is 0 Å². The van der Waals surface area contributed by atoms with Crippen LogP contribution in [0.5, 0.6) is 0 Å². The Labute approximate surface area is 103 Å². The molecule has 4 nitrogen and oxygen atoms in total. The van der Waals surface area contributed by atoms with E-state index in [4.69, 9.17) is 4.74 Å². The Morgan fingerprint density at radius 2 is 2.28 bits per heavy atom. The van der Waals surface area contributed by atoms with E-state index in [0.29, 0.717) is 6.61 Å². The third-order valence-corrected chi connectivity index (χ3v) is 3.65. The smallest absolute Gasteiger partial charge is 0.376 e. The van der Waals surface area contributed by atoms with Crippen LogP contribution in [0.2, 0.25) is 0 Å². The summed E-state index contributed by atoms with van der Waals surface area (Å²) < 4.78 is 44.4. The lowest BCUT2D eigenvalue weighted by Gasteiger charge is -2.29. The summed E-state index contributed by atoms with van der Waals surface area (Å²) >= 11 is 0. The van der Waals surface area contributed by atoms with Gasteiger partial charge in [-0.2, -0.15) is 13.2 Å². The summed E-state index contributed by atoms with van der Waals surface area (Å²) in [4.78, 5) is 11.8. The van der Waals surface area contributed by atoms with E-state index in [1.54, 1.807) is 0 Å². The molecule has 0 bridgehead atoms. The molecule has 0 saturated carbocycles. The van der Waals surface area contributed by atoms with E-state index >= 15 is 0 Å². The molecule has 2 N–H and O–H groups in total. The van der Waals surface area contributed by atoms with Crippen LogP contribution in [-0.2, 0) is 9.53 Å². The fraction of sp³-hybridized carbons (Fsp3) is 0.909. The van der Waals surface area contributed by atoms with E-state index in [1.165, 1.54) is 0 Å². The van der Waals surface area contributed by atoms with Gasteiger partial charge in [0.15, 0.2) is 5.41 Å². The van der Waals surface area contributed by atoms with Gasteiger partial charge in [-0.05, 0) is 25.8 Å². The van der Waals surface area contributed by atoms with E-state index in [1.807, 2.05) is 0 Å². The molecule has 1 amide bonds. The maximum absolute atomic E-state index is 13.0. The number of rotatable bonds is 3. The number of ether oxygens (including phenoxy) is 1. The molecule has 7 heteroatoms. The highest BCUT2D eigenvalue weighted by molar-refractivity contribution is 5.84. The van der Waals surface area contributed by atoms with Crippen LogP contribution in [-0.4, -0.2) is 44.4 Å². The summed E-state index contributed by atoms with van der Waals surface area (Å²) in [5.74, 6) is -0.935. The maximum atomic E-state index is 13.0. The van der Waals surface area contributed by atoms with Crippen LogP contribution in [0.15, 0.2) is 0 Å². The first kappa shape index (κ1) is 13.6. The van der Waals surface area contributed by atoms with Gasteiger partial charge in [0.1, 0.15) is 0 Å². The number of hydrogen-bond acceptors (Lipinski definition) is 3. The molecule has 0 spiro atoms. The van der Waals surface area contributed by atoms with Crippen LogP contribution in [0.3, 0.4) is 0 Å². The Morgan fingerprint density at radius 3 is 2.78 bits per heavy atom. The molecule has 18 heavy (non-hydrogen) atoms. The lowest BCUT2D eigenvalue weighted by Crippen LogP contribution is -2.53. The number of hydrogen-bond donors (Lipinski definition) is 2. The molecule has 2 atom stereocenters. The quantitative estimate of drug-likeness (QED) is 0.795. The molecular formula is C11H17F3N2O2. The Morgan fingerprint density at radius 1 is 1.50 bits per heavy atom. The van der Waals surface area contributed by atoms with Crippen molar-refractivity contribution in [2.24, 2.45) is 5.41 Å². The van der Waals surface area contributed by atoms with Gasteiger partial charge in [0.2, 0.25) is 5.91 Å². The van der Waals surface area contributed by atoms with Crippen molar-refractivity contribution < 1.29 is 22.7 Å². The molecule has 2 fully saturated rings. The minimum Gasteiger partial charge on any atom is -0.376 e. The molecule has 2 aliphatic heterocycles. The standard InChI is InChI=1S/C11H17F3N2O2/c12-11(13,14)10(3-4-15-7-10)9(17)16-6-8-2-1-5-18-8/h8,15H,1-7H2,(H,16,17). The van der Waals surface area contributed by atoms with Crippen molar-refractivity contribution >= 4 is 5.91 Å². The van der Waals surface area contributed by atoms with Gasteiger partial charge >= 0.3 is 6.18 Å². The molecule has 104 valence electrons. The molecule has 2 rings (SSSR count). The van der Waals surface area contributed by atoms with Crippen molar-refractivity contribution in [2.75, 3.05) is 26.2 Å². The Balaban J connectivity index is 1.96. The van der Waals surface area contributed by atoms with Gasteiger partial charge in [-0.3, -0.25) is 4.79 Å². The molecule has 2 unspecified atom stereocenters. The number of carbonyl (C=O) groups is 1. The van der Waals surface area contributed by atoms with Crippen molar-refractivity contribution in [1.29, 1.82) is 0 Å². The lowest BCUT2D eigenvalue weighted by atomic mass is 9.85. The third-order valence-electron chi connectivity index (χ3n) is 3.65. The van der Waals surface area contributed by atoms with Gasteiger partial charge in [0.05, 0.1) is 6.10 Å². The number of carbonyl (C=O) groups excluding carboxylic acids is 1. The summed E-state index contributed by atoms with van der Waals surface area (Å²) in [6.45, 7) is 0.657. The van der Waals surface area contributed by atoms with E-state index in [9.17, 15) is 18.0 Å². The summed E-state index contributed by atoms with van der Waals surface area (Å²) in [7, 11) is 0. The number of halogens is 3. The van der Waals surface area contributed by atoms with Gasteiger partial charge in [0, 0.05) is 19.7 Å². The van der Waals surface area contributed by atoms with Crippen LogP contribution >= 0.6 is 0 Å². The summed E-state index contributed by atoms with van der Waals surface area (Å²) in [6.07, 6.45) is -3.18. The molecule has 2 heterocycles. The predicted octanol–water partition coefficient (Wildman–Crippen LogP) is 0.824. The van der Waals surface area contributed by atoms with Crippen LogP contribution < -0.4 is 10.6 Å². The molecule has 0 aromatic carbocycles. The third kappa shape index (κ3) is 2.47. The van der Waals surface area contributed by atoms with Crippen molar-refractivity contribution in [1.82, 2.24) is 10.6 Å². The van der Waals surface area contributed by atoms with Gasteiger partial charge < -0.3 is 15.4 Å². The van der Waals surface area contributed by atoms with Gasteiger partial charge in [-0.1, -0.05) is 0 Å². The highest BCUT2D eigenvalue weighted by atomic mass is 19.4. The first-order valence-corrected chi connectivity index (χ1v) is 6.13. The minimum atomic E-state index is -4.52. The number of alkyl halides is 3. The second-order valence-electron chi connectivity index (χ2n) is 4.85. The van der Waals surface area contributed by atoms with Gasteiger partial charge in [0.25, 0.3) is 0 Å². The molecule has 2 saturated heterocycles.